The van der Waals surface area contributed by atoms with Gasteiger partial charge in [0.1, 0.15) is 5.82 Å². The highest BCUT2D eigenvalue weighted by Crippen LogP contribution is 2.21. The monoisotopic (exact) mass is 371 g/mol. The van der Waals surface area contributed by atoms with Gasteiger partial charge in [-0.25, -0.2) is 9.18 Å². The molecule has 3 rings (SSSR count). The number of carbonyl (C=O) groups is 2. The fraction of sp³-hybridized carbons (Fsp3) is 0.300. The van der Waals surface area contributed by atoms with E-state index in [4.69, 9.17) is 10.5 Å². The molecule has 2 N–H and O–H groups in total. The Hall–Kier alpha value is -2.77. The van der Waals surface area contributed by atoms with Crippen LogP contribution in [0.4, 0.5) is 14.9 Å². The van der Waals surface area contributed by atoms with Crippen LogP contribution < -0.4 is 10.6 Å². The molecule has 1 aliphatic heterocycles. The Morgan fingerprint density at radius 3 is 2.44 bits per heavy atom. The molecule has 2 aromatic carbocycles. The molecule has 6 nitrogen and oxygen atoms in total. The van der Waals surface area contributed by atoms with Crippen molar-refractivity contribution in [3.63, 3.8) is 0 Å². The van der Waals surface area contributed by atoms with E-state index in [-0.39, 0.29) is 24.9 Å². The minimum absolute atomic E-state index is 0.0513. The van der Waals surface area contributed by atoms with Crippen molar-refractivity contribution in [3.05, 3.63) is 65.5 Å². The van der Waals surface area contributed by atoms with Gasteiger partial charge in [0, 0.05) is 24.3 Å². The number of nitrogens with two attached hydrogens (primary N) is 1. The number of ketones is 1. The number of ether oxygens (including phenoxy) is 1. The van der Waals surface area contributed by atoms with Crippen LogP contribution in [0.1, 0.15) is 15.9 Å². The van der Waals surface area contributed by atoms with Crippen LogP contribution in [0.2, 0.25) is 0 Å². The molecule has 0 atom stereocenters. The number of nitrogens with zero attached hydrogens (tertiary/aromatic N) is 2. The van der Waals surface area contributed by atoms with Crippen LogP contribution in [-0.4, -0.2) is 49.6 Å². The molecular formula is C20H22FN3O3. The van der Waals surface area contributed by atoms with Crippen molar-refractivity contribution in [2.75, 3.05) is 37.7 Å². The lowest BCUT2D eigenvalue weighted by Crippen LogP contribution is -2.48. The number of halogens is 1. The lowest BCUT2D eigenvalue weighted by atomic mass is 10.1. The zero-order valence-corrected chi connectivity index (χ0v) is 14.9. The molecular weight excluding hydrogens is 349 g/mol. The molecule has 0 saturated carbocycles. The zero-order valence-electron chi connectivity index (χ0n) is 14.9. The van der Waals surface area contributed by atoms with E-state index in [9.17, 15) is 14.0 Å². The second kappa shape index (κ2) is 8.75. The van der Waals surface area contributed by atoms with Gasteiger partial charge in [-0.3, -0.25) is 9.69 Å². The van der Waals surface area contributed by atoms with E-state index in [0.29, 0.717) is 37.6 Å². The van der Waals surface area contributed by atoms with Gasteiger partial charge in [-0.15, -0.1) is 0 Å². The zero-order chi connectivity index (χ0) is 19.2. The SMILES string of the molecule is NCC(=O)c1ccc(CN(C(=O)N2CCOCC2)c2cccc(F)c2)cc1. The molecule has 142 valence electrons. The number of urea groups is 1. The summed E-state index contributed by atoms with van der Waals surface area (Å²) in [6.45, 7) is 2.17. The summed E-state index contributed by atoms with van der Waals surface area (Å²) in [4.78, 5) is 27.9. The maximum Gasteiger partial charge on any atom is 0.324 e. The molecule has 0 aliphatic carbocycles. The van der Waals surface area contributed by atoms with Crippen LogP contribution in [0.3, 0.4) is 0 Å². The molecule has 0 unspecified atom stereocenters. The lowest BCUT2D eigenvalue weighted by Gasteiger charge is -2.33. The number of carbonyl (C=O) groups excluding carboxylic acids is 2. The normalized spacial score (nSPS) is 14.1. The van der Waals surface area contributed by atoms with Gasteiger partial charge in [0.15, 0.2) is 5.78 Å². The van der Waals surface area contributed by atoms with Gasteiger partial charge in [0.05, 0.1) is 26.3 Å². The average Bonchev–Trinajstić information content (AvgIpc) is 2.72. The van der Waals surface area contributed by atoms with Crippen LogP contribution in [0.15, 0.2) is 48.5 Å². The van der Waals surface area contributed by atoms with Crippen molar-refractivity contribution in [3.8, 4) is 0 Å². The molecule has 0 radical (unpaired) electrons. The molecule has 0 bridgehead atoms. The van der Waals surface area contributed by atoms with E-state index in [1.54, 1.807) is 41.3 Å². The van der Waals surface area contributed by atoms with E-state index in [1.165, 1.54) is 17.0 Å². The standard InChI is InChI=1S/C20H22FN3O3/c21-17-2-1-3-18(12-17)24(20(26)23-8-10-27-11-9-23)14-15-4-6-16(7-5-15)19(25)13-22/h1-7,12H,8-11,13-14,22H2. The Kier molecular flexibility index (Phi) is 6.16. The molecule has 1 heterocycles. The van der Waals surface area contributed by atoms with E-state index >= 15 is 0 Å². The van der Waals surface area contributed by atoms with E-state index < -0.39 is 5.82 Å². The predicted octanol–water partition coefficient (Wildman–Crippen LogP) is 2.43. The van der Waals surface area contributed by atoms with E-state index in [2.05, 4.69) is 0 Å². The third-order valence-electron chi connectivity index (χ3n) is 4.43. The van der Waals surface area contributed by atoms with Gasteiger partial charge in [-0.1, -0.05) is 30.3 Å². The number of benzene rings is 2. The Balaban J connectivity index is 1.85. The fourth-order valence-corrected chi connectivity index (χ4v) is 2.94. The summed E-state index contributed by atoms with van der Waals surface area (Å²) in [5.74, 6) is -0.552. The topological polar surface area (TPSA) is 75.9 Å². The Bertz CT molecular complexity index is 804. The van der Waals surface area contributed by atoms with E-state index in [0.717, 1.165) is 5.56 Å². The van der Waals surface area contributed by atoms with E-state index in [1.807, 2.05) is 0 Å². The van der Waals surface area contributed by atoms with Crippen LogP contribution in [-0.2, 0) is 11.3 Å². The van der Waals surface area contributed by atoms with Crippen molar-refractivity contribution in [2.24, 2.45) is 5.73 Å². The Morgan fingerprint density at radius 1 is 1.11 bits per heavy atom. The second-order valence-corrected chi connectivity index (χ2v) is 6.27. The first kappa shape index (κ1) is 19.0. The highest BCUT2D eigenvalue weighted by atomic mass is 19.1. The van der Waals surface area contributed by atoms with Gasteiger partial charge in [-0.2, -0.15) is 0 Å². The maximum atomic E-state index is 13.7. The number of hydrogen-bond acceptors (Lipinski definition) is 4. The highest BCUT2D eigenvalue weighted by molar-refractivity contribution is 5.97. The van der Waals surface area contributed by atoms with Gasteiger partial charge in [0.2, 0.25) is 0 Å². The van der Waals surface area contributed by atoms with Crippen LogP contribution >= 0.6 is 0 Å². The number of hydrogen-bond donors (Lipinski definition) is 1. The molecule has 1 aliphatic rings. The number of Topliss-reactive ketones (excluding diaryl/α,β-unsaturated/α-hetero) is 1. The van der Waals surface area contributed by atoms with Crippen molar-refractivity contribution < 1.29 is 18.7 Å². The first-order valence-corrected chi connectivity index (χ1v) is 8.80. The van der Waals surface area contributed by atoms with Crippen molar-refractivity contribution in [1.29, 1.82) is 0 Å². The molecule has 7 heteroatoms. The number of rotatable bonds is 5. The first-order chi connectivity index (χ1) is 13.1. The summed E-state index contributed by atoms with van der Waals surface area (Å²) in [5.41, 5.74) is 7.22. The summed E-state index contributed by atoms with van der Waals surface area (Å²) < 4.78 is 19.0. The van der Waals surface area contributed by atoms with Gasteiger partial charge >= 0.3 is 6.03 Å². The Labute approximate surface area is 157 Å². The highest BCUT2D eigenvalue weighted by Gasteiger charge is 2.24. The van der Waals surface area contributed by atoms with Crippen LogP contribution in [0.25, 0.3) is 0 Å². The van der Waals surface area contributed by atoms with Crippen molar-refractivity contribution in [2.45, 2.75) is 6.54 Å². The predicted molar refractivity (Wildman–Crippen MR) is 100 cm³/mol. The van der Waals surface area contributed by atoms with Crippen molar-refractivity contribution in [1.82, 2.24) is 4.90 Å². The molecule has 2 amide bonds. The summed E-state index contributed by atoms with van der Waals surface area (Å²) in [6, 6.07) is 12.7. The largest absolute Gasteiger partial charge is 0.378 e. The molecule has 0 aromatic heterocycles. The third kappa shape index (κ3) is 4.69. The third-order valence-corrected chi connectivity index (χ3v) is 4.43. The van der Waals surface area contributed by atoms with Gasteiger partial charge in [0.25, 0.3) is 0 Å². The Morgan fingerprint density at radius 2 is 1.81 bits per heavy atom. The molecule has 1 fully saturated rings. The summed E-state index contributed by atoms with van der Waals surface area (Å²) in [5, 5.41) is 0. The number of morpholine rings is 1. The van der Waals surface area contributed by atoms with Crippen LogP contribution in [0.5, 0.6) is 0 Å². The average molecular weight is 371 g/mol. The van der Waals surface area contributed by atoms with Gasteiger partial charge < -0.3 is 15.4 Å². The van der Waals surface area contributed by atoms with Gasteiger partial charge in [-0.05, 0) is 23.8 Å². The second-order valence-electron chi connectivity index (χ2n) is 6.27. The minimum atomic E-state index is -0.406. The lowest BCUT2D eigenvalue weighted by molar-refractivity contribution is 0.0548. The fourth-order valence-electron chi connectivity index (χ4n) is 2.94. The molecule has 2 aromatic rings. The quantitative estimate of drug-likeness (QED) is 0.819. The van der Waals surface area contributed by atoms with Crippen molar-refractivity contribution >= 4 is 17.5 Å². The smallest absolute Gasteiger partial charge is 0.324 e. The summed E-state index contributed by atoms with van der Waals surface area (Å²) in [6.07, 6.45) is 0. The summed E-state index contributed by atoms with van der Waals surface area (Å²) in [7, 11) is 0. The number of anilines is 1. The molecule has 27 heavy (non-hydrogen) atoms. The van der Waals surface area contributed by atoms with Crippen LogP contribution in [0, 0.1) is 5.82 Å². The maximum absolute atomic E-state index is 13.7. The molecule has 1 saturated heterocycles. The molecule has 0 spiro atoms. The first-order valence-electron chi connectivity index (χ1n) is 8.80. The number of amides is 2. The summed E-state index contributed by atoms with van der Waals surface area (Å²) >= 11 is 0. The minimum Gasteiger partial charge on any atom is -0.378 e.